The molecule has 0 amide bonds. The Bertz CT molecular complexity index is 506. The summed E-state index contributed by atoms with van der Waals surface area (Å²) in [6.45, 7) is 0.603. The Kier molecular flexibility index (Phi) is 4.40. The van der Waals surface area contributed by atoms with Crippen LogP contribution in [0.25, 0.3) is 0 Å². The van der Waals surface area contributed by atoms with Gasteiger partial charge in [0.25, 0.3) is 0 Å². The topological polar surface area (TPSA) is 65.5 Å². The van der Waals surface area contributed by atoms with Gasteiger partial charge in [-0.3, -0.25) is 0 Å². The second-order valence-corrected chi connectivity index (χ2v) is 4.46. The van der Waals surface area contributed by atoms with Crippen LogP contribution in [0.2, 0.25) is 0 Å². The highest BCUT2D eigenvalue weighted by Gasteiger charge is 2.13. The van der Waals surface area contributed by atoms with Crippen LogP contribution in [0.15, 0.2) is 17.6 Å². The summed E-state index contributed by atoms with van der Waals surface area (Å²) in [6, 6.07) is 3.80. The molecular weight excluding hydrogens is 266 g/mol. The summed E-state index contributed by atoms with van der Waals surface area (Å²) in [5.74, 6) is 1.86. The third-order valence-electron chi connectivity index (χ3n) is 2.53. The van der Waals surface area contributed by atoms with Gasteiger partial charge in [0.2, 0.25) is 10.9 Å². The first kappa shape index (κ1) is 13.4. The van der Waals surface area contributed by atoms with E-state index in [4.69, 9.17) is 14.2 Å². The molecule has 102 valence electrons. The molecule has 1 aromatic heterocycles. The third kappa shape index (κ3) is 3.05. The minimum Gasteiger partial charge on any atom is -0.493 e. The van der Waals surface area contributed by atoms with Crippen LogP contribution in [0.1, 0.15) is 5.56 Å². The number of methoxy groups -OCH3 is 3. The van der Waals surface area contributed by atoms with Crippen LogP contribution in [0.3, 0.4) is 0 Å². The average Bonchev–Trinajstić information content (AvgIpc) is 2.97. The molecule has 0 radical (unpaired) electrons. The van der Waals surface area contributed by atoms with Crippen molar-refractivity contribution >= 4 is 16.5 Å². The maximum Gasteiger partial charge on any atom is 0.205 e. The Labute approximate surface area is 115 Å². The Hall–Kier alpha value is -2.02. The van der Waals surface area contributed by atoms with Crippen molar-refractivity contribution in [3.05, 3.63) is 23.2 Å². The van der Waals surface area contributed by atoms with Crippen molar-refractivity contribution in [2.45, 2.75) is 6.54 Å². The lowest BCUT2D eigenvalue weighted by molar-refractivity contribution is 0.324. The molecule has 0 unspecified atom stereocenters. The fourth-order valence-electron chi connectivity index (χ4n) is 1.67. The number of nitrogens with zero attached hydrogens (tertiary/aromatic N) is 2. The zero-order chi connectivity index (χ0) is 13.7. The molecule has 0 saturated heterocycles. The second kappa shape index (κ2) is 6.24. The van der Waals surface area contributed by atoms with Crippen LogP contribution in [0.5, 0.6) is 17.2 Å². The van der Waals surface area contributed by atoms with Gasteiger partial charge in [0.1, 0.15) is 5.51 Å². The van der Waals surface area contributed by atoms with E-state index in [1.54, 1.807) is 26.8 Å². The Morgan fingerprint density at radius 3 is 2.26 bits per heavy atom. The lowest BCUT2D eigenvalue weighted by atomic mass is 10.2. The summed E-state index contributed by atoms with van der Waals surface area (Å²) in [7, 11) is 4.78. The monoisotopic (exact) mass is 281 g/mol. The summed E-state index contributed by atoms with van der Waals surface area (Å²) in [5.41, 5.74) is 2.68. The molecule has 19 heavy (non-hydrogen) atoms. The molecule has 1 N–H and O–H groups in total. The van der Waals surface area contributed by atoms with E-state index in [1.165, 1.54) is 11.3 Å². The summed E-state index contributed by atoms with van der Waals surface area (Å²) in [5, 5.41) is 11.6. The quantitative estimate of drug-likeness (QED) is 0.875. The first-order chi connectivity index (χ1) is 9.28. The zero-order valence-corrected chi connectivity index (χ0v) is 11.8. The first-order valence-electron chi connectivity index (χ1n) is 5.57. The third-order valence-corrected chi connectivity index (χ3v) is 3.18. The molecule has 2 aromatic rings. The summed E-state index contributed by atoms with van der Waals surface area (Å²) in [4.78, 5) is 0. The fraction of sp³-hybridized carbons (Fsp3) is 0.333. The van der Waals surface area contributed by atoms with Gasteiger partial charge in [0.05, 0.1) is 21.3 Å². The van der Waals surface area contributed by atoms with Crippen molar-refractivity contribution in [2.24, 2.45) is 0 Å². The van der Waals surface area contributed by atoms with Gasteiger partial charge in [-0.2, -0.15) is 0 Å². The number of aromatic nitrogens is 2. The molecular formula is C12H15N3O3S. The van der Waals surface area contributed by atoms with E-state index in [0.717, 1.165) is 10.7 Å². The number of hydrogen-bond donors (Lipinski definition) is 1. The van der Waals surface area contributed by atoms with Crippen molar-refractivity contribution < 1.29 is 14.2 Å². The van der Waals surface area contributed by atoms with Gasteiger partial charge in [-0.05, 0) is 17.7 Å². The van der Waals surface area contributed by atoms with Crippen molar-refractivity contribution in [2.75, 3.05) is 26.6 Å². The van der Waals surface area contributed by atoms with Crippen LogP contribution in [0.4, 0.5) is 5.13 Å². The molecule has 2 rings (SSSR count). The zero-order valence-electron chi connectivity index (χ0n) is 11.0. The highest BCUT2D eigenvalue weighted by atomic mass is 32.1. The molecule has 7 heteroatoms. The molecule has 0 atom stereocenters. The van der Waals surface area contributed by atoms with Crippen molar-refractivity contribution in [3.8, 4) is 17.2 Å². The molecule has 0 saturated carbocycles. The van der Waals surface area contributed by atoms with E-state index in [9.17, 15) is 0 Å². The number of benzene rings is 1. The summed E-state index contributed by atoms with van der Waals surface area (Å²) >= 11 is 1.45. The molecule has 1 heterocycles. The molecule has 6 nitrogen and oxygen atoms in total. The van der Waals surface area contributed by atoms with Gasteiger partial charge in [-0.25, -0.2) is 0 Å². The van der Waals surface area contributed by atoms with Crippen LogP contribution in [-0.2, 0) is 6.54 Å². The SMILES string of the molecule is COc1cc(CNc2nncs2)cc(OC)c1OC. The van der Waals surface area contributed by atoms with Crippen molar-refractivity contribution in [3.63, 3.8) is 0 Å². The van der Waals surface area contributed by atoms with Crippen molar-refractivity contribution in [1.29, 1.82) is 0 Å². The van der Waals surface area contributed by atoms with Crippen molar-refractivity contribution in [1.82, 2.24) is 10.2 Å². The van der Waals surface area contributed by atoms with E-state index in [-0.39, 0.29) is 0 Å². The van der Waals surface area contributed by atoms with E-state index in [2.05, 4.69) is 15.5 Å². The lowest BCUT2D eigenvalue weighted by Crippen LogP contribution is -2.02. The van der Waals surface area contributed by atoms with Gasteiger partial charge in [-0.1, -0.05) is 11.3 Å². The van der Waals surface area contributed by atoms with Gasteiger partial charge < -0.3 is 19.5 Å². The van der Waals surface area contributed by atoms with E-state index in [1.807, 2.05) is 12.1 Å². The Balaban J connectivity index is 2.20. The number of ether oxygens (including phenoxy) is 3. The van der Waals surface area contributed by atoms with Crippen LogP contribution >= 0.6 is 11.3 Å². The van der Waals surface area contributed by atoms with Crippen LogP contribution < -0.4 is 19.5 Å². The molecule has 0 bridgehead atoms. The molecule has 0 fully saturated rings. The number of hydrogen-bond acceptors (Lipinski definition) is 7. The predicted molar refractivity (Wildman–Crippen MR) is 73.3 cm³/mol. The highest BCUT2D eigenvalue weighted by Crippen LogP contribution is 2.38. The van der Waals surface area contributed by atoms with Gasteiger partial charge in [0, 0.05) is 6.54 Å². The molecule has 0 aliphatic carbocycles. The molecule has 0 aliphatic rings. The second-order valence-electron chi connectivity index (χ2n) is 3.63. The maximum absolute atomic E-state index is 5.30. The number of anilines is 1. The molecule has 1 aromatic carbocycles. The van der Waals surface area contributed by atoms with Crippen LogP contribution in [0, 0.1) is 0 Å². The van der Waals surface area contributed by atoms with Crippen LogP contribution in [-0.4, -0.2) is 31.5 Å². The smallest absolute Gasteiger partial charge is 0.205 e. The summed E-state index contributed by atoms with van der Waals surface area (Å²) < 4.78 is 15.9. The highest BCUT2D eigenvalue weighted by molar-refractivity contribution is 7.13. The van der Waals surface area contributed by atoms with Gasteiger partial charge in [-0.15, -0.1) is 10.2 Å². The average molecular weight is 281 g/mol. The minimum absolute atomic E-state index is 0.588. The van der Waals surface area contributed by atoms with E-state index in [0.29, 0.717) is 23.8 Å². The predicted octanol–water partition coefficient (Wildman–Crippen LogP) is 2.18. The maximum atomic E-state index is 5.30. The van der Waals surface area contributed by atoms with E-state index >= 15 is 0 Å². The van der Waals surface area contributed by atoms with Gasteiger partial charge in [0.15, 0.2) is 11.5 Å². The van der Waals surface area contributed by atoms with E-state index < -0.39 is 0 Å². The molecule has 0 aliphatic heterocycles. The summed E-state index contributed by atoms with van der Waals surface area (Å²) in [6.07, 6.45) is 0. The Morgan fingerprint density at radius 1 is 1.11 bits per heavy atom. The van der Waals surface area contributed by atoms with Gasteiger partial charge >= 0.3 is 0 Å². The Morgan fingerprint density at radius 2 is 1.79 bits per heavy atom. The normalized spacial score (nSPS) is 10.1. The lowest BCUT2D eigenvalue weighted by Gasteiger charge is -2.14. The number of rotatable bonds is 6. The molecule has 0 spiro atoms. The standard InChI is InChI=1S/C12H15N3O3S/c1-16-9-4-8(5-10(17-2)11(9)18-3)6-13-12-15-14-7-19-12/h4-5,7H,6H2,1-3H3,(H,13,15). The fourth-order valence-corrected chi connectivity index (χ4v) is 2.11. The largest absolute Gasteiger partial charge is 0.493 e. The first-order valence-corrected chi connectivity index (χ1v) is 6.45. The minimum atomic E-state index is 0.588. The number of nitrogens with one attached hydrogen (secondary N) is 1.